The molecule has 0 aromatic rings. The van der Waals surface area contributed by atoms with Crippen molar-refractivity contribution in [3.05, 3.63) is 20.9 Å². The van der Waals surface area contributed by atoms with E-state index in [1.165, 1.54) is 32.1 Å². The Hall–Kier alpha value is -0.620. The Morgan fingerprint density at radius 1 is 0.923 bits per heavy atom. The molecule has 0 heterocycles. The Kier molecular flexibility index (Phi) is 10.8. The number of hydrogen-bond donors (Lipinski definition) is 0. The largest absolute Gasteiger partial charge is 0.235 e. The fraction of sp³-hybridized carbons (Fsp3) is 0.636. The molecule has 0 bridgehead atoms. The van der Waals surface area contributed by atoms with Crippen molar-refractivity contribution in [1.82, 2.24) is 0 Å². The third kappa shape index (κ3) is 6.53. The van der Waals surface area contributed by atoms with Crippen LogP contribution in [0.15, 0.2) is 4.99 Å². The van der Waals surface area contributed by atoms with Gasteiger partial charge in [0.2, 0.25) is 6.08 Å². The molecule has 1 saturated carbocycles. The van der Waals surface area contributed by atoms with E-state index in [1.807, 2.05) is 0 Å². The molecule has 0 aromatic carbocycles. The maximum Gasteiger partial charge on any atom is 0.235 e. The van der Waals surface area contributed by atoms with Gasteiger partial charge in [0.25, 0.3) is 0 Å². The van der Waals surface area contributed by atoms with Gasteiger partial charge in [-0.15, -0.1) is 0 Å². The molecule has 0 saturated heterocycles. The summed E-state index contributed by atoms with van der Waals surface area (Å²) in [5.41, 5.74) is 0. The van der Waals surface area contributed by atoms with Crippen molar-refractivity contribution in [3.63, 3.8) is 0 Å². The molecule has 2 heteroatoms. The monoisotopic (exact) mass is 180 g/mol. The Labute approximate surface area is 82.5 Å². The lowest BCUT2D eigenvalue weighted by Crippen LogP contribution is -1.97. The molecule has 73 valence electrons. The van der Waals surface area contributed by atoms with Crippen LogP contribution in [0, 0.1) is 20.9 Å². The number of rotatable bonds is 1. The van der Waals surface area contributed by atoms with Gasteiger partial charge in [-0.05, 0) is 12.8 Å². The number of nitrogens with zero attached hydrogens (tertiary/aromatic N) is 1. The van der Waals surface area contributed by atoms with Gasteiger partial charge < -0.3 is 0 Å². The summed E-state index contributed by atoms with van der Waals surface area (Å²) in [7, 11) is 0. The average Bonchev–Trinajstić information content (AvgIpc) is 1.94. The van der Waals surface area contributed by atoms with Crippen LogP contribution in [-0.2, 0) is 4.79 Å². The van der Waals surface area contributed by atoms with E-state index < -0.39 is 0 Å². The minimum absolute atomic E-state index is 0. The smallest absolute Gasteiger partial charge is 0.211 e. The van der Waals surface area contributed by atoms with E-state index in [4.69, 9.17) is 0 Å². The van der Waals surface area contributed by atoms with Gasteiger partial charge >= 0.3 is 0 Å². The van der Waals surface area contributed by atoms with Crippen molar-refractivity contribution >= 4 is 6.08 Å². The van der Waals surface area contributed by atoms with Crippen molar-refractivity contribution in [2.75, 3.05) is 0 Å². The van der Waals surface area contributed by atoms with Crippen LogP contribution in [0.1, 0.15) is 44.9 Å². The quantitative estimate of drug-likeness (QED) is 0.450. The fourth-order valence-corrected chi connectivity index (χ4v) is 1.49. The first-order chi connectivity index (χ1) is 5.43. The molecule has 5 radical (unpaired) electrons. The molecule has 1 fully saturated rings. The molecule has 0 amide bonds. The summed E-state index contributed by atoms with van der Waals surface area (Å²) in [5, 5.41) is 0. The zero-order chi connectivity index (χ0) is 7.94. The Balaban J connectivity index is 0. The summed E-state index contributed by atoms with van der Waals surface area (Å²) >= 11 is 0. The van der Waals surface area contributed by atoms with Crippen LogP contribution in [0.4, 0.5) is 0 Å². The maximum atomic E-state index is 9.96. The van der Waals surface area contributed by atoms with Crippen LogP contribution in [0.25, 0.3) is 0 Å². The van der Waals surface area contributed by atoms with Crippen molar-refractivity contribution in [1.29, 1.82) is 0 Å². The van der Waals surface area contributed by atoms with Crippen LogP contribution in [0.5, 0.6) is 0 Å². The Morgan fingerprint density at radius 3 is 1.85 bits per heavy atom. The lowest BCUT2D eigenvalue weighted by atomic mass is 9.97. The molecule has 1 aliphatic carbocycles. The maximum absolute atomic E-state index is 9.96. The van der Waals surface area contributed by atoms with Crippen molar-refractivity contribution in [2.45, 2.75) is 44.9 Å². The molecule has 1 aliphatic rings. The van der Waals surface area contributed by atoms with Gasteiger partial charge in [0.1, 0.15) is 0 Å². The van der Waals surface area contributed by atoms with Crippen LogP contribution in [0.3, 0.4) is 0 Å². The van der Waals surface area contributed by atoms with Crippen molar-refractivity contribution in [3.8, 4) is 0 Å². The fourth-order valence-electron chi connectivity index (χ4n) is 1.49. The predicted molar refractivity (Wildman–Crippen MR) is 54.4 cm³/mol. The van der Waals surface area contributed by atoms with Crippen LogP contribution in [0.2, 0.25) is 0 Å². The van der Waals surface area contributed by atoms with E-state index in [0.29, 0.717) is 0 Å². The van der Waals surface area contributed by atoms with Gasteiger partial charge in [-0.2, -0.15) is 4.99 Å². The molecule has 0 aromatic heterocycles. The molecule has 2 nitrogen and oxygen atoms in total. The molecule has 13 heavy (non-hydrogen) atoms. The lowest BCUT2D eigenvalue weighted by molar-refractivity contribution is 0.517. The minimum atomic E-state index is 0. The van der Waals surface area contributed by atoms with Crippen LogP contribution >= 0.6 is 0 Å². The highest BCUT2D eigenvalue weighted by Crippen LogP contribution is 2.24. The van der Waals surface area contributed by atoms with E-state index >= 15 is 0 Å². The lowest BCUT2D eigenvalue weighted by Gasteiger charge is -2.12. The van der Waals surface area contributed by atoms with E-state index in [9.17, 15) is 4.79 Å². The van der Waals surface area contributed by atoms with E-state index in [1.54, 1.807) is 6.08 Å². The second kappa shape index (κ2) is 9.47. The molecule has 0 aliphatic heterocycles. The third-order valence-electron chi connectivity index (χ3n) is 2.13. The SMILES string of the molecule is O=C=N[C]1CCCCCCC1.[CH2].[CH2]. The summed E-state index contributed by atoms with van der Waals surface area (Å²) in [5.74, 6) is 0. The molecule has 1 rings (SSSR count). The zero-order valence-electron chi connectivity index (χ0n) is 8.22. The van der Waals surface area contributed by atoms with Gasteiger partial charge in [-0.25, -0.2) is 4.79 Å². The van der Waals surface area contributed by atoms with Gasteiger partial charge in [-0.3, -0.25) is 0 Å². The van der Waals surface area contributed by atoms with E-state index in [2.05, 4.69) is 4.99 Å². The number of hydrogen-bond acceptors (Lipinski definition) is 2. The van der Waals surface area contributed by atoms with Crippen molar-refractivity contribution in [2.24, 2.45) is 4.99 Å². The normalized spacial score (nSPS) is 18.2. The topological polar surface area (TPSA) is 29.4 Å². The highest BCUT2D eigenvalue weighted by molar-refractivity contribution is 5.35. The third-order valence-corrected chi connectivity index (χ3v) is 2.13. The predicted octanol–water partition coefficient (Wildman–Crippen LogP) is 3.25. The first kappa shape index (κ1) is 14.9. The average molecular weight is 180 g/mol. The summed E-state index contributed by atoms with van der Waals surface area (Å²) in [4.78, 5) is 13.7. The highest BCUT2D eigenvalue weighted by Gasteiger charge is 2.09. The van der Waals surface area contributed by atoms with E-state index in [0.717, 1.165) is 18.9 Å². The summed E-state index contributed by atoms with van der Waals surface area (Å²) < 4.78 is 0. The summed E-state index contributed by atoms with van der Waals surface area (Å²) in [6.07, 6.45) is 9.96. The van der Waals surface area contributed by atoms with Gasteiger partial charge in [-0.1, -0.05) is 47.0 Å². The molecular formula is C11H18NO. The number of isocyanates is 1. The highest BCUT2D eigenvalue weighted by atomic mass is 16.1. The van der Waals surface area contributed by atoms with Gasteiger partial charge in [0.15, 0.2) is 0 Å². The molecule has 0 unspecified atom stereocenters. The Bertz CT molecular complexity index is 142. The second-order valence-corrected chi connectivity index (χ2v) is 3.04. The summed E-state index contributed by atoms with van der Waals surface area (Å²) in [6, 6.07) is 1.06. The second-order valence-electron chi connectivity index (χ2n) is 3.04. The molecular weight excluding hydrogens is 162 g/mol. The molecule has 0 atom stereocenters. The zero-order valence-corrected chi connectivity index (χ0v) is 8.22. The van der Waals surface area contributed by atoms with Gasteiger partial charge in [0, 0.05) is 0 Å². The molecule has 0 spiro atoms. The number of carbonyl (C=O) groups excluding carboxylic acids is 1. The van der Waals surface area contributed by atoms with Crippen LogP contribution < -0.4 is 0 Å². The minimum Gasteiger partial charge on any atom is -0.211 e. The van der Waals surface area contributed by atoms with Crippen molar-refractivity contribution < 1.29 is 4.79 Å². The molecule has 0 N–H and O–H groups in total. The first-order valence-corrected chi connectivity index (χ1v) is 4.36. The first-order valence-electron chi connectivity index (χ1n) is 4.36. The van der Waals surface area contributed by atoms with E-state index in [-0.39, 0.29) is 14.9 Å². The Morgan fingerprint density at radius 2 is 1.38 bits per heavy atom. The van der Waals surface area contributed by atoms with Crippen LogP contribution in [-0.4, -0.2) is 6.08 Å². The summed E-state index contributed by atoms with van der Waals surface area (Å²) in [6.45, 7) is 0. The standard InChI is InChI=1S/C9H14NO.2CH2/c11-8-10-9-6-4-2-1-3-5-7-9;;/h1-7H2;2*1H2. The number of aliphatic imine (C=N–C) groups is 1. The van der Waals surface area contributed by atoms with Gasteiger partial charge in [0.05, 0.1) is 6.04 Å².